The molecular weight excluding hydrogens is 306 g/mol. The van der Waals surface area contributed by atoms with Crippen LogP contribution in [0, 0.1) is 0 Å². The Bertz CT molecular complexity index is 219. The van der Waals surface area contributed by atoms with E-state index < -0.39 is 0 Å². The second kappa shape index (κ2) is 10.1. The number of unbranched alkanes of at least 4 members (excludes halogenated alkanes) is 5. The molecule has 0 saturated carbocycles. The van der Waals surface area contributed by atoms with Gasteiger partial charge >= 0.3 is 0 Å². The summed E-state index contributed by atoms with van der Waals surface area (Å²) in [6.45, 7) is 4.07. The summed E-state index contributed by atoms with van der Waals surface area (Å²) < 4.78 is 12.6. The van der Waals surface area contributed by atoms with Crippen LogP contribution in [0.15, 0.2) is 0 Å². The Hall–Kier alpha value is 0.360. The predicted molar refractivity (Wildman–Crippen MR) is 75.5 cm³/mol. The number of likely N-dealkylation sites (N-methyl/N-ethyl adjacent to an activating group) is 1. The molecule has 19 heavy (non-hydrogen) atoms. The summed E-state index contributed by atoms with van der Waals surface area (Å²) in [6, 6.07) is 0. The second-order valence-corrected chi connectivity index (χ2v) is 6.55. The predicted octanol–water partition coefficient (Wildman–Crippen LogP) is 0.189. The first kappa shape index (κ1) is 19.4. The Balaban J connectivity index is 0.00000324. The average Bonchev–Trinajstić information content (AvgIpc) is 2.68. The van der Waals surface area contributed by atoms with Crippen LogP contribution in [-0.2, 0) is 9.47 Å². The molecule has 1 aliphatic heterocycles. The summed E-state index contributed by atoms with van der Waals surface area (Å²) in [5, 5.41) is 0. The van der Waals surface area contributed by atoms with Gasteiger partial charge in [0.15, 0.2) is 6.29 Å². The molecule has 116 valence electrons. The van der Waals surface area contributed by atoms with Crippen molar-refractivity contribution >= 4 is 0 Å². The van der Waals surface area contributed by atoms with E-state index in [2.05, 4.69) is 28.1 Å². The van der Waals surface area contributed by atoms with Crippen molar-refractivity contribution in [2.24, 2.45) is 0 Å². The van der Waals surface area contributed by atoms with Gasteiger partial charge in [-0.2, -0.15) is 0 Å². The lowest BCUT2D eigenvalue weighted by Crippen LogP contribution is -3.00. The molecule has 0 bridgehead atoms. The third kappa shape index (κ3) is 9.83. The van der Waals surface area contributed by atoms with Gasteiger partial charge in [0.1, 0.15) is 12.6 Å². The van der Waals surface area contributed by atoms with Crippen LogP contribution in [0.1, 0.15) is 51.9 Å². The number of ether oxygens (including phenoxy) is 2. The van der Waals surface area contributed by atoms with E-state index in [-0.39, 0.29) is 29.4 Å². The van der Waals surface area contributed by atoms with Gasteiger partial charge in [-0.15, -0.1) is 0 Å². The molecule has 1 saturated heterocycles. The largest absolute Gasteiger partial charge is 1.00 e. The second-order valence-electron chi connectivity index (χ2n) is 6.55. The first-order chi connectivity index (χ1) is 8.51. The number of rotatable bonds is 9. The molecule has 0 N–H and O–H groups in total. The van der Waals surface area contributed by atoms with Crippen LogP contribution >= 0.6 is 0 Å². The minimum Gasteiger partial charge on any atom is -1.00 e. The van der Waals surface area contributed by atoms with Crippen LogP contribution < -0.4 is 17.0 Å². The zero-order valence-corrected chi connectivity index (χ0v) is 14.7. The summed E-state index contributed by atoms with van der Waals surface area (Å²) in [5.41, 5.74) is 0. The third-order valence-electron chi connectivity index (χ3n) is 3.36. The summed E-state index contributed by atoms with van der Waals surface area (Å²) >= 11 is 0. The van der Waals surface area contributed by atoms with Crippen molar-refractivity contribution < 1.29 is 30.9 Å². The summed E-state index contributed by atoms with van der Waals surface area (Å²) in [7, 11) is 6.60. The van der Waals surface area contributed by atoms with Gasteiger partial charge in [-0.25, -0.2) is 0 Å². The Morgan fingerprint density at radius 1 is 1.00 bits per heavy atom. The highest BCUT2D eigenvalue weighted by molar-refractivity contribution is 4.65. The van der Waals surface area contributed by atoms with Crippen molar-refractivity contribution in [3.63, 3.8) is 0 Å². The Labute approximate surface area is 130 Å². The first-order valence-electron chi connectivity index (χ1n) is 7.59. The molecule has 1 heterocycles. The fraction of sp³-hybridized carbons (Fsp3) is 1.00. The molecule has 3 nitrogen and oxygen atoms in total. The number of halogens is 1. The standard InChI is InChI=1S/C15H32NO2.BrH/c1-5-6-7-8-9-10-11-15-17-13-14(18-15)12-16(2,3)4;/h14-15H,5-13H2,1-4H3;1H/q+1;/p-1. The smallest absolute Gasteiger partial charge is 0.158 e. The zero-order valence-electron chi connectivity index (χ0n) is 13.2. The van der Waals surface area contributed by atoms with Crippen LogP contribution in [0.4, 0.5) is 0 Å². The molecule has 0 aromatic rings. The molecule has 2 atom stereocenters. The molecule has 4 heteroatoms. The SMILES string of the molecule is CCCCCCCCC1OCC(C[N+](C)(C)C)O1.[Br-]. The Kier molecular flexibility index (Phi) is 10.3. The van der Waals surface area contributed by atoms with E-state index in [0.717, 1.165) is 24.1 Å². The fourth-order valence-electron chi connectivity index (χ4n) is 2.46. The molecular formula is C15H32BrNO2. The van der Waals surface area contributed by atoms with Crippen molar-refractivity contribution in [3.05, 3.63) is 0 Å². The van der Waals surface area contributed by atoms with E-state index in [9.17, 15) is 0 Å². The summed E-state index contributed by atoms with van der Waals surface area (Å²) in [4.78, 5) is 0. The number of hydrogen-bond donors (Lipinski definition) is 0. The van der Waals surface area contributed by atoms with Crippen molar-refractivity contribution in [1.29, 1.82) is 0 Å². The maximum absolute atomic E-state index is 5.93. The highest BCUT2D eigenvalue weighted by Gasteiger charge is 2.29. The van der Waals surface area contributed by atoms with Crippen LogP contribution in [0.2, 0.25) is 0 Å². The third-order valence-corrected chi connectivity index (χ3v) is 3.36. The topological polar surface area (TPSA) is 18.5 Å². The highest BCUT2D eigenvalue weighted by atomic mass is 79.9. The normalized spacial score (nSPS) is 23.4. The van der Waals surface area contributed by atoms with E-state index in [1.807, 2.05) is 0 Å². The lowest BCUT2D eigenvalue weighted by Gasteiger charge is -2.26. The van der Waals surface area contributed by atoms with Gasteiger partial charge in [0.2, 0.25) is 0 Å². The monoisotopic (exact) mass is 337 g/mol. The minimum atomic E-state index is 0. The molecule has 1 rings (SSSR count). The van der Waals surface area contributed by atoms with Gasteiger partial charge in [0, 0.05) is 0 Å². The van der Waals surface area contributed by atoms with E-state index >= 15 is 0 Å². The summed E-state index contributed by atoms with van der Waals surface area (Å²) in [5.74, 6) is 0. The molecule has 0 aromatic heterocycles. The summed E-state index contributed by atoms with van der Waals surface area (Å²) in [6.07, 6.45) is 9.43. The molecule has 0 amide bonds. The molecule has 0 radical (unpaired) electrons. The molecule has 2 unspecified atom stereocenters. The fourth-order valence-corrected chi connectivity index (χ4v) is 2.46. The maximum atomic E-state index is 5.93. The van der Waals surface area contributed by atoms with Crippen molar-refractivity contribution in [1.82, 2.24) is 0 Å². The van der Waals surface area contributed by atoms with Gasteiger partial charge in [0.05, 0.1) is 27.7 Å². The van der Waals surface area contributed by atoms with E-state index in [4.69, 9.17) is 9.47 Å². The highest BCUT2D eigenvalue weighted by Crippen LogP contribution is 2.19. The number of quaternary nitrogens is 1. The van der Waals surface area contributed by atoms with E-state index in [1.54, 1.807) is 0 Å². The van der Waals surface area contributed by atoms with Gasteiger partial charge in [0.25, 0.3) is 0 Å². The Morgan fingerprint density at radius 2 is 1.63 bits per heavy atom. The van der Waals surface area contributed by atoms with Crippen molar-refractivity contribution in [3.8, 4) is 0 Å². The molecule has 1 fully saturated rings. The van der Waals surface area contributed by atoms with Gasteiger partial charge in [-0.1, -0.05) is 39.0 Å². The van der Waals surface area contributed by atoms with Crippen molar-refractivity contribution in [2.45, 2.75) is 64.3 Å². The lowest BCUT2D eigenvalue weighted by atomic mass is 10.1. The Morgan fingerprint density at radius 3 is 2.26 bits per heavy atom. The molecule has 1 aliphatic rings. The van der Waals surface area contributed by atoms with Crippen LogP contribution in [0.5, 0.6) is 0 Å². The van der Waals surface area contributed by atoms with Crippen LogP contribution in [0.3, 0.4) is 0 Å². The van der Waals surface area contributed by atoms with E-state index in [0.29, 0.717) is 0 Å². The lowest BCUT2D eigenvalue weighted by molar-refractivity contribution is -0.873. The molecule has 0 spiro atoms. The zero-order chi connectivity index (χ0) is 13.4. The van der Waals surface area contributed by atoms with Crippen LogP contribution in [0.25, 0.3) is 0 Å². The van der Waals surface area contributed by atoms with E-state index in [1.165, 1.54) is 38.5 Å². The minimum absolute atomic E-state index is 0. The molecule has 0 aliphatic carbocycles. The maximum Gasteiger partial charge on any atom is 0.158 e. The van der Waals surface area contributed by atoms with Gasteiger partial charge in [-0.05, 0) is 12.8 Å². The quantitative estimate of drug-likeness (QED) is 0.441. The number of hydrogen-bond acceptors (Lipinski definition) is 2. The number of nitrogens with zero attached hydrogens (tertiary/aromatic N) is 1. The molecule has 0 aromatic carbocycles. The average molecular weight is 338 g/mol. The van der Waals surface area contributed by atoms with Gasteiger partial charge < -0.3 is 30.9 Å². The van der Waals surface area contributed by atoms with Gasteiger partial charge in [-0.3, -0.25) is 0 Å². The van der Waals surface area contributed by atoms with Crippen molar-refractivity contribution in [2.75, 3.05) is 34.3 Å². The first-order valence-corrected chi connectivity index (χ1v) is 7.59. The van der Waals surface area contributed by atoms with Crippen LogP contribution in [-0.4, -0.2) is 51.2 Å².